The molecule has 3 atom stereocenters. The van der Waals surface area contributed by atoms with Gasteiger partial charge < -0.3 is 5.73 Å². The van der Waals surface area contributed by atoms with Crippen LogP contribution in [0.2, 0.25) is 0 Å². The van der Waals surface area contributed by atoms with E-state index in [9.17, 15) is 0 Å². The van der Waals surface area contributed by atoms with E-state index in [1.165, 1.54) is 38.6 Å². The average molecular weight is 290 g/mol. The SMILES string of the molecule is CC1CCN(C(C)C23CC4CC(CC(C4)C2)C3)C(CN)C1. The van der Waals surface area contributed by atoms with E-state index in [1.807, 2.05) is 0 Å². The van der Waals surface area contributed by atoms with Crippen molar-refractivity contribution in [1.29, 1.82) is 0 Å². The number of hydrogen-bond donors (Lipinski definition) is 1. The normalized spacial score (nSPS) is 51.3. The van der Waals surface area contributed by atoms with Crippen molar-refractivity contribution < 1.29 is 0 Å². The van der Waals surface area contributed by atoms with E-state index in [-0.39, 0.29) is 0 Å². The van der Waals surface area contributed by atoms with E-state index in [0.717, 1.165) is 36.3 Å². The molecule has 120 valence electrons. The highest BCUT2D eigenvalue weighted by atomic mass is 15.2. The largest absolute Gasteiger partial charge is 0.329 e. The van der Waals surface area contributed by atoms with Gasteiger partial charge in [-0.15, -0.1) is 0 Å². The maximum absolute atomic E-state index is 6.14. The van der Waals surface area contributed by atoms with Crippen LogP contribution in [0.4, 0.5) is 0 Å². The Hall–Kier alpha value is -0.0800. The Morgan fingerprint density at radius 1 is 1.05 bits per heavy atom. The molecule has 2 N–H and O–H groups in total. The molecule has 4 bridgehead atoms. The molecule has 0 amide bonds. The van der Waals surface area contributed by atoms with Crippen LogP contribution in [0.15, 0.2) is 0 Å². The van der Waals surface area contributed by atoms with Crippen LogP contribution in [0, 0.1) is 29.1 Å². The van der Waals surface area contributed by atoms with Crippen molar-refractivity contribution in [2.24, 2.45) is 34.8 Å². The molecule has 0 aromatic carbocycles. The first-order valence-electron chi connectivity index (χ1n) is 9.55. The van der Waals surface area contributed by atoms with E-state index in [2.05, 4.69) is 18.7 Å². The van der Waals surface area contributed by atoms with Crippen LogP contribution in [-0.4, -0.2) is 30.1 Å². The topological polar surface area (TPSA) is 29.3 Å². The molecule has 5 fully saturated rings. The molecule has 4 aliphatic carbocycles. The van der Waals surface area contributed by atoms with Crippen molar-refractivity contribution in [1.82, 2.24) is 4.90 Å². The van der Waals surface area contributed by atoms with E-state index in [4.69, 9.17) is 5.73 Å². The summed E-state index contributed by atoms with van der Waals surface area (Å²) in [4.78, 5) is 2.84. The van der Waals surface area contributed by atoms with Gasteiger partial charge in [0, 0.05) is 18.6 Å². The zero-order valence-electron chi connectivity index (χ0n) is 14.1. The molecule has 0 spiro atoms. The van der Waals surface area contributed by atoms with Gasteiger partial charge in [0.25, 0.3) is 0 Å². The van der Waals surface area contributed by atoms with E-state index < -0.39 is 0 Å². The first kappa shape index (κ1) is 14.5. The lowest BCUT2D eigenvalue weighted by atomic mass is 9.47. The number of likely N-dealkylation sites (tertiary alicyclic amines) is 1. The molecule has 0 aromatic rings. The summed E-state index contributed by atoms with van der Waals surface area (Å²) in [6.45, 7) is 7.13. The molecular formula is C19H34N2. The predicted octanol–water partition coefficient (Wildman–Crippen LogP) is 3.65. The van der Waals surface area contributed by atoms with Crippen molar-refractivity contribution in [2.45, 2.75) is 77.3 Å². The maximum Gasteiger partial charge on any atom is 0.0224 e. The zero-order valence-corrected chi connectivity index (χ0v) is 14.1. The minimum atomic E-state index is 0.650. The number of rotatable bonds is 3. The van der Waals surface area contributed by atoms with Crippen molar-refractivity contribution in [3.8, 4) is 0 Å². The molecule has 5 aliphatic rings. The van der Waals surface area contributed by atoms with Gasteiger partial charge in [-0.1, -0.05) is 6.92 Å². The highest BCUT2D eigenvalue weighted by Crippen LogP contribution is 2.62. The molecule has 1 saturated heterocycles. The van der Waals surface area contributed by atoms with Crippen LogP contribution in [0.3, 0.4) is 0 Å². The van der Waals surface area contributed by atoms with E-state index in [1.54, 1.807) is 19.3 Å². The summed E-state index contributed by atoms with van der Waals surface area (Å²) in [7, 11) is 0. The van der Waals surface area contributed by atoms with Crippen LogP contribution < -0.4 is 5.73 Å². The van der Waals surface area contributed by atoms with Gasteiger partial charge in [0.2, 0.25) is 0 Å². The van der Waals surface area contributed by atoms with Gasteiger partial charge in [-0.05, 0) is 93.9 Å². The summed E-state index contributed by atoms with van der Waals surface area (Å²) >= 11 is 0. The second-order valence-electron chi connectivity index (χ2n) is 9.21. The fourth-order valence-corrected chi connectivity index (χ4v) is 7.05. The third kappa shape index (κ3) is 2.37. The van der Waals surface area contributed by atoms with Crippen molar-refractivity contribution in [3.63, 3.8) is 0 Å². The fraction of sp³-hybridized carbons (Fsp3) is 1.00. The molecule has 0 aromatic heterocycles. The molecule has 4 saturated carbocycles. The van der Waals surface area contributed by atoms with Crippen LogP contribution in [0.25, 0.3) is 0 Å². The highest BCUT2D eigenvalue weighted by molar-refractivity contribution is 5.06. The smallest absolute Gasteiger partial charge is 0.0224 e. The molecule has 5 rings (SSSR count). The fourth-order valence-electron chi connectivity index (χ4n) is 7.05. The number of nitrogens with two attached hydrogens (primary N) is 1. The number of hydrogen-bond acceptors (Lipinski definition) is 2. The molecular weight excluding hydrogens is 256 g/mol. The number of piperidine rings is 1. The Kier molecular flexibility index (Phi) is 3.61. The Morgan fingerprint density at radius 3 is 2.14 bits per heavy atom. The molecule has 0 radical (unpaired) electrons. The molecule has 2 nitrogen and oxygen atoms in total. The summed E-state index contributed by atoms with van der Waals surface area (Å²) in [5.74, 6) is 4.08. The Balaban J connectivity index is 1.55. The average Bonchev–Trinajstić information content (AvgIpc) is 2.45. The van der Waals surface area contributed by atoms with Gasteiger partial charge in [-0.2, -0.15) is 0 Å². The lowest BCUT2D eigenvalue weighted by Crippen LogP contribution is -2.60. The molecule has 3 unspecified atom stereocenters. The lowest BCUT2D eigenvalue weighted by Gasteiger charge is -2.61. The summed E-state index contributed by atoms with van der Waals surface area (Å²) in [6, 6.07) is 1.42. The van der Waals surface area contributed by atoms with E-state index >= 15 is 0 Å². The van der Waals surface area contributed by atoms with Gasteiger partial charge in [0.05, 0.1) is 0 Å². The van der Waals surface area contributed by atoms with Crippen molar-refractivity contribution in [3.05, 3.63) is 0 Å². The summed E-state index contributed by atoms with van der Waals surface area (Å²) in [5.41, 5.74) is 6.80. The first-order chi connectivity index (χ1) is 10.1. The zero-order chi connectivity index (χ0) is 14.6. The first-order valence-corrected chi connectivity index (χ1v) is 9.55. The maximum atomic E-state index is 6.14. The summed E-state index contributed by atoms with van der Waals surface area (Å²) in [5, 5.41) is 0. The Labute approximate surface area is 130 Å². The second kappa shape index (κ2) is 5.23. The minimum Gasteiger partial charge on any atom is -0.329 e. The van der Waals surface area contributed by atoms with Gasteiger partial charge in [0.1, 0.15) is 0 Å². The third-order valence-electron chi connectivity index (χ3n) is 7.76. The van der Waals surface area contributed by atoms with Gasteiger partial charge in [-0.25, -0.2) is 0 Å². The van der Waals surface area contributed by atoms with Crippen LogP contribution in [0.1, 0.15) is 65.2 Å². The standard InChI is InChI=1S/C19H34N2/c1-13-3-4-21(18(5-13)12-20)14(2)19-9-15-6-16(10-19)8-17(7-15)11-19/h13-18H,3-12,20H2,1-2H3. The van der Waals surface area contributed by atoms with Crippen molar-refractivity contribution in [2.75, 3.05) is 13.1 Å². The highest BCUT2D eigenvalue weighted by Gasteiger charge is 2.54. The third-order valence-corrected chi connectivity index (χ3v) is 7.76. The molecule has 21 heavy (non-hydrogen) atoms. The van der Waals surface area contributed by atoms with Gasteiger partial charge >= 0.3 is 0 Å². The molecule has 1 heterocycles. The van der Waals surface area contributed by atoms with Gasteiger partial charge in [0.15, 0.2) is 0 Å². The Bertz CT molecular complexity index is 356. The summed E-state index contributed by atoms with van der Waals surface area (Å²) in [6.07, 6.45) is 12.0. The second-order valence-corrected chi connectivity index (χ2v) is 9.21. The molecule has 1 aliphatic heterocycles. The summed E-state index contributed by atoms with van der Waals surface area (Å²) < 4.78 is 0. The molecule has 2 heteroatoms. The van der Waals surface area contributed by atoms with Crippen LogP contribution in [0.5, 0.6) is 0 Å². The van der Waals surface area contributed by atoms with Crippen molar-refractivity contribution >= 4 is 0 Å². The minimum absolute atomic E-state index is 0.650. The lowest BCUT2D eigenvalue weighted by molar-refractivity contribution is -0.110. The monoisotopic (exact) mass is 290 g/mol. The van der Waals surface area contributed by atoms with Crippen LogP contribution in [-0.2, 0) is 0 Å². The van der Waals surface area contributed by atoms with Gasteiger partial charge in [-0.3, -0.25) is 4.90 Å². The number of nitrogens with zero attached hydrogens (tertiary/aromatic N) is 1. The van der Waals surface area contributed by atoms with Crippen LogP contribution >= 0.6 is 0 Å². The van der Waals surface area contributed by atoms with E-state index in [0.29, 0.717) is 11.5 Å². The Morgan fingerprint density at radius 2 is 1.62 bits per heavy atom. The quantitative estimate of drug-likeness (QED) is 0.859. The predicted molar refractivity (Wildman–Crippen MR) is 88.0 cm³/mol.